The van der Waals surface area contributed by atoms with E-state index in [1.54, 1.807) is 0 Å². The van der Waals surface area contributed by atoms with Crippen LogP contribution in [0, 0.1) is 27.7 Å². The molecule has 5 heteroatoms. The van der Waals surface area contributed by atoms with Crippen LogP contribution in [0.1, 0.15) is 40.5 Å². The van der Waals surface area contributed by atoms with Gasteiger partial charge in [0.1, 0.15) is 0 Å². The Hall–Kier alpha value is -2.95. The largest absolute Gasteiger partial charge is 0.339 e. The summed E-state index contributed by atoms with van der Waals surface area (Å²) in [6.07, 6.45) is 0.390. The minimum absolute atomic E-state index is 0.0777. The Bertz CT molecular complexity index is 1000. The number of hydrogen-bond donors (Lipinski definition) is 0. The topological polar surface area (TPSA) is 59.2 Å². The van der Waals surface area contributed by atoms with Crippen molar-refractivity contribution < 1.29 is 9.32 Å². The Morgan fingerprint density at radius 3 is 2.44 bits per heavy atom. The smallest absolute Gasteiger partial charge is 0.232 e. The monoisotopic (exact) mass is 361 g/mol. The third-order valence-corrected chi connectivity index (χ3v) is 5.20. The molecule has 1 atom stereocenters. The zero-order chi connectivity index (χ0) is 19.1. The molecule has 1 fully saturated rings. The van der Waals surface area contributed by atoms with E-state index < -0.39 is 0 Å². The average Bonchev–Trinajstić information content (AvgIpc) is 3.23. The highest BCUT2D eigenvalue weighted by atomic mass is 16.5. The minimum Gasteiger partial charge on any atom is -0.339 e. The lowest BCUT2D eigenvalue weighted by atomic mass is 10.1. The van der Waals surface area contributed by atoms with Crippen molar-refractivity contribution in [1.82, 2.24) is 10.1 Å². The summed E-state index contributed by atoms with van der Waals surface area (Å²) in [4.78, 5) is 19.0. The summed E-state index contributed by atoms with van der Waals surface area (Å²) in [7, 11) is 0. The molecule has 1 unspecified atom stereocenters. The fraction of sp³-hybridized carbons (Fsp3) is 0.318. The van der Waals surface area contributed by atoms with E-state index in [1.807, 2.05) is 36.9 Å². The van der Waals surface area contributed by atoms with Crippen LogP contribution in [-0.4, -0.2) is 22.6 Å². The SMILES string of the molecule is Cc1cc(C)cc(N2CC(c3nc(-c4ccc(C)c(C)c4)no3)CC2=O)c1. The number of aromatic nitrogens is 2. The molecule has 0 bridgehead atoms. The van der Waals surface area contributed by atoms with Gasteiger partial charge in [0, 0.05) is 24.2 Å². The second-order valence-corrected chi connectivity index (χ2v) is 7.51. The van der Waals surface area contributed by atoms with Gasteiger partial charge in [-0.1, -0.05) is 23.4 Å². The zero-order valence-corrected chi connectivity index (χ0v) is 16.1. The van der Waals surface area contributed by atoms with Gasteiger partial charge in [0.25, 0.3) is 0 Å². The third-order valence-electron chi connectivity index (χ3n) is 5.20. The molecule has 138 valence electrons. The first-order chi connectivity index (χ1) is 12.9. The summed E-state index contributed by atoms with van der Waals surface area (Å²) in [5.74, 6) is 1.12. The summed E-state index contributed by atoms with van der Waals surface area (Å²) in [5, 5.41) is 4.14. The van der Waals surface area contributed by atoms with Gasteiger partial charge in [-0.15, -0.1) is 0 Å². The second-order valence-electron chi connectivity index (χ2n) is 7.51. The molecule has 2 aromatic carbocycles. The highest BCUT2D eigenvalue weighted by Crippen LogP contribution is 2.33. The molecule has 2 heterocycles. The first-order valence-corrected chi connectivity index (χ1v) is 9.20. The van der Waals surface area contributed by atoms with Crippen LogP contribution >= 0.6 is 0 Å². The molecule has 0 N–H and O–H groups in total. The lowest BCUT2D eigenvalue weighted by Crippen LogP contribution is -2.24. The van der Waals surface area contributed by atoms with Gasteiger partial charge in [0.2, 0.25) is 17.6 Å². The predicted molar refractivity (Wildman–Crippen MR) is 105 cm³/mol. The quantitative estimate of drug-likeness (QED) is 0.690. The lowest BCUT2D eigenvalue weighted by Gasteiger charge is -2.17. The number of hydrogen-bond acceptors (Lipinski definition) is 4. The summed E-state index contributed by atoms with van der Waals surface area (Å²) in [5.41, 5.74) is 6.59. The van der Waals surface area contributed by atoms with Crippen LogP contribution in [0.25, 0.3) is 11.4 Å². The Morgan fingerprint density at radius 1 is 1.00 bits per heavy atom. The molecule has 5 nitrogen and oxygen atoms in total. The fourth-order valence-electron chi connectivity index (χ4n) is 3.63. The van der Waals surface area contributed by atoms with Crippen LogP contribution in [-0.2, 0) is 4.79 Å². The molecule has 1 aliphatic rings. The maximum atomic E-state index is 12.6. The molecule has 1 saturated heterocycles. The van der Waals surface area contributed by atoms with E-state index in [2.05, 4.69) is 42.2 Å². The molecule has 1 aliphatic heterocycles. The van der Waals surface area contributed by atoms with E-state index in [4.69, 9.17) is 4.52 Å². The second kappa shape index (κ2) is 6.65. The summed E-state index contributed by atoms with van der Waals surface area (Å²) in [6, 6.07) is 12.3. The Labute approximate surface area is 159 Å². The average molecular weight is 361 g/mol. The molecule has 4 rings (SSSR count). The van der Waals surface area contributed by atoms with Crippen LogP contribution in [0.3, 0.4) is 0 Å². The molecule has 1 aromatic heterocycles. The van der Waals surface area contributed by atoms with Gasteiger partial charge < -0.3 is 9.42 Å². The van der Waals surface area contributed by atoms with Crippen molar-refractivity contribution in [3.63, 3.8) is 0 Å². The third kappa shape index (κ3) is 3.37. The van der Waals surface area contributed by atoms with Gasteiger partial charge in [-0.05, 0) is 68.1 Å². The van der Waals surface area contributed by atoms with Crippen molar-refractivity contribution in [1.29, 1.82) is 0 Å². The van der Waals surface area contributed by atoms with E-state index in [9.17, 15) is 4.79 Å². The Morgan fingerprint density at radius 2 is 1.74 bits per heavy atom. The maximum Gasteiger partial charge on any atom is 0.232 e. The first kappa shape index (κ1) is 17.5. The number of carbonyl (C=O) groups is 1. The van der Waals surface area contributed by atoms with Crippen LogP contribution in [0.15, 0.2) is 40.9 Å². The predicted octanol–water partition coefficient (Wildman–Crippen LogP) is 4.49. The molecule has 27 heavy (non-hydrogen) atoms. The molecule has 3 aromatic rings. The molecular weight excluding hydrogens is 338 g/mol. The fourth-order valence-corrected chi connectivity index (χ4v) is 3.63. The van der Waals surface area contributed by atoms with Gasteiger partial charge >= 0.3 is 0 Å². The number of benzene rings is 2. The van der Waals surface area contributed by atoms with Crippen LogP contribution in [0.5, 0.6) is 0 Å². The highest BCUT2D eigenvalue weighted by Gasteiger charge is 2.35. The molecule has 1 amide bonds. The number of aryl methyl sites for hydroxylation is 4. The normalized spacial score (nSPS) is 17.0. The standard InChI is InChI=1S/C22H23N3O2/c1-13-7-14(2)9-19(8-13)25-12-18(11-20(25)26)22-23-21(24-27-22)17-6-5-15(3)16(4)10-17/h5-10,18H,11-12H2,1-4H3. The van der Waals surface area contributed by atoms with E-state index in [0.717, 1.165) is 22.4 Å². The summed E-state index contributed by atoms with van der Waals surface area (Å²) < 4.78 is 5.51. The first-order valence-electron chi connectivity index (χ1n) is 9.20. The summed E-state index contributed by atoms with van der Waals surface area (Å²) >= 11 is 0. The van der Waals surface area contributed by atoms with Gasteiger partial charge in [0.15, 0.2) is 0 Å². The van der Waals surface area contributed by atoms with Crippen molar-refractivity contribution in [2.24, 2.45) is 0 Å². The minimum atomic E-state index is -0.0777. The molecule has 0 saturated carbocycles. The van der Waals surface area contributed by atoms with Crippen LogP contribution in [0.2, 0.25) is 0 Å². The van der Waals surface area contributed by atoms with Crippen LogP contribution < -0.4 is 4.90 Å². The van der Waals surface area contributed by atoms with Crippen molar-refractivity contribution >= 4 is 11.6 Å². The number of amides is 1. The van der Waals surface area contributed by atoms with E-state index in [0.29, 0.717) is 24.7 Å². The Balaban J connectivity index is 1.57. The van der Waals surface area contributed by atoms with Gasteiger partial charge in [-0.3, -0.25) is 4.79 Å². The van der Waals surface area contributed by atoms with Crippen molar-refractivity contribution in [2.45, 2.75) is 40.0 Å². The molecule has 0 aliphatic carbocycles. The van der Waals surface area contributed by atoms with Crippen molar-refractivity contribution in [3.05, 3.63) is 64.5 Å². The maximum absolute atomic E-state index is 12.6. The van der Waals surface area contributed by atoms with Crippen LogP contribution in [0.4, 0.5) is 5.69 Å². The molecule has 0 radical (unpaired) electrons. The lowest BCUT2D eigenvalue weighted by molar-refractivity contribution is -0.117. The summed E-state index contributed by atoms with van der Waals surface area (Å²) in [6.45, 7) is 8.80. The van der Waals surface area contributed by atoms with E-state index in [1.165, 1.54) is 11.1 Å². The molecular formula is C22H23N3O2. The van der Waals surface area contributed by atoms with E-state index >= 15 is 0 Å². The highest BCUT2D eigenvalue weighted by molar-refractivity contribution is 5.96. The number of rotatable bonds is 3. The zero-order valence-electron chi connectivity index (χ0n) is 16.1. The number of carbonyl (C=O) groups excluding carboxylic acids is 1. The number of nitrogens with zero attached hydrogens (tertiary/aromatic N) is 3. The van der Waals surface area contributed by atoms with Gasteiger partial charge in [0.05, 0.1) is 5.92 Å². The van der Waals surface area contributed by atoms with Gasteiger partial charge in [-0.2, -0.15) is 4.98 Å². The number of anilines is 1. The van der Waals surface area contributed by atoms with Crippen molar-refractivity contribution in [3.8, 4) is 11.4 Å². The van der Waals surface area contributed by atoms with Gasteiger partial charge in [-0.25, -0.2) is 0 Å². The van der Waals surface area contributed by atoms with E-state index in [-0.39, 0.29) is 11.8 Å². The Kier molecular flexibility index (Phi) is 4.30. The molecule has 0 spiro atoms. The van der Waals surface area contributed by atoms with Crippen molar-refractivity contribution in [2.75, 3.05) is 11.4 Å².